The standard InChI is InChI=1S/C14H19N3O2/c1-3-8-17-14(15-10-16-17)9-19-13-6-4-12(5-7-13)11(2)18/h4-7,10-11,18H,3,8-9H2,1-2H3/t11-/m0/s1. The first-order valence-corrected chi connectivity index (χ1v) is 6.48. The van der Waals surface area contributed by atoms with E-state index in [9.17, 15) is 5.11 Å². The minimum absolute atomic E-state index is 0.397. The molecule has 0 unspecified atom stereocenters. The van der Waals surface area contributed by atoms with Crippen LogP contribution in [0.15, 0.2) is 30.6 Å². The third-order valence-electron chi connectivity index (χ3n) is 2.86. The third kappa shape index (κ3) is 3.54. The van der Waals surface area contributed by atoms with Crippen molar-refractivity contribution in [3.63, 3.8) is 0 Å². The number of hydrogen-bond acceptors (Lipinski definition) is 4. The minimum Gasteiger partial charge on any atom is -0.486 e. The second kappa shape index (κ2) is 6.33. The summed E-state index contributed by atoms with van der Waals surface area (Å²) in [5, 5.41) is 13.6. The first-order chi connectivity index (χ1) is 9.20. The van der Waals surface area contributed by atoms with Crippen LogP contribution in [0.3, 0.4) is 0 Å². The van der Waals surface area contributed by atoms with Crippen LogP contribution in [0.2, 0.25) is 0 Å². The van der Waals surface area contributed by atoms with E-state index < -0.39 is 6.10 Å². The molecule has 102 valence electrons. The zero-order valence-electron chi connectivity index (χ0n) is 11.3. The van der Waals surface area contributed by atoms with Gasteiger partial charge in [-0.2, -0.15) is 5.10 Å². The molecule has 0 spiro atoms. The van der Waals surface area contributed by atoms with Gasteiger partial charge in [0, 0.05) is 6.54 Å². The Morgan fingerprint density at radius 1 is 1.32 bits per heavy atom. The van der Waals surface area contributed by atoms with Crippen molar-refractivity contribution < 1.29 is 9.84 Å². The Bertz CT molecular complexity index is 506. The highest BCUT2D eigenvalue weighted by Crippen LogP contribution is 2.18. The Morgan fingerprint density at radius 2 is 2.05 bits per heavy atom. The molecule has 1 aromatic carbocycles. The Morgan fingerprint density at radius 3 is 2.68 bits per heavy atom. The molecule has 0 fully saturated rings. The molecule has 1 heterocycles. The molecule has 2 aromatic rings. The van der Waals surface area contributed by atoms with Crippen LogP contribution in [0.25, 0.3) is 0 Å². The number of aromatic nitrogens is 3. The summed E-state index contributed by atoms with van der Waals surface area (Å²) in [7, 11) is 0. The molecule has 5 nitrogen and oxygen atoms in total. The molecule has 19 heavy (non-hydrogen) atoms. The normalized spacial score (nSPS) is 12.4. The molecule has 5 heteroatoms. The van der Waals surface area contributed by atoms with Crippen LogP contribution >= 0.6 is 0 Å². The van der Waals surface area contributed by atoms with Crippen LogP contribution in [0.4, 0.5) is 0 Å². The van der Waals surface area contributed by atoms with Crippen LogP contribution in [-0.2, 0) is 13.2 Å². The maximum absolute atomic E-state index is 9.43. The molecule has 2 rings (SSSR count). The molecule has 0 saturated carbocycles. The molecule has 1 N–H and O–H groups in total. The highest BCUT2D eigenvalue weighted by atomic mass is 16.5. The van der Waals surface area contributed by atoms with Crippen LogP contribution in [-0.4, -0.2) is 19.9 Å². The molecule has 0 aliphatic rings. The van der Waals surface area contributed by atoms with Gasteiger partial charge in [-0.15, -0.1) is 0 Å². The molecule has 0 bridgehead atoms. The molecule has 0 radical (unpaired) electrons. The molecule has 0 aliphatic carbocycles. The summed E-state index contributed by atoms with van der Waals surface area (Å²) in [4.78, 5) is 4.18. The van der Waals surface area contributed by atoms with Gasteiger partial charge in [0.25, 0.3) is 0 Å². The minimum atomic E-state index is -0.457. The van der Waals surface area contributed by atoms with Gasteiger partial charge < -0.3 is 9.84 Å². The van der Waals surface area contributed by atoms with Crippen molar-refractivity contribution in [3.8, 4) is 5.75 Å². The molecule has 1 aromatic heterocycles. The maximum atomic E-state index is 9.43. The molecular formula is C14H19N3O2. The first kappa shape index (κ1) is 13.5. The van der Waals surface area contributed by atoms with E-state index in [-0.39, 0.29) is 0 Å². The van der Waals surface area contributed by atoms with E-state index in [2.05, 4.69) is 17.0 Å². The summed E-state index contributed by atoms with van der Waals surface area (Å²) in [6.07, 6.45) is 2.10. The summed E-state index contributed by atoms with van der Waals surface area (Å²) < 4.78 is 7.52. The summed E-state index contributed by atoms with van der Waals surface area (Å²) in [6, 6.07) is 7.42. The highest BCUT2D eigenvalue weighted by Gasteiger charge is 2.05. The molecule has 0 aliphatic heterocycles. The van der Waals surface area contributed by atoms with Crippen molar-refractivity contribution in [1.82, 2.24) is 14.8 Å². The lowest BCUT2D eigenvalue weighted by Gasteiger charge is -2.09. The van der Waals surface area contributed by atoms with Gasteiger partial charge in [-0.25, -0.2) is 9.67 Å². The Labute approximate surface area is 112 Å². The van der Waals surface area contributed by atoms with Crippen LogP contribution in [0.5, 0.6) is 5.75 Å². The Hall–Kier alpha value is -1.88. The lowest BCUT2D eigenvalue weighted by molar-refractivity contribution is 0.199. The van der Waals surface area contributed by atoms with Gasteiger partial charge in [0.05, 0.1) is 6.10 Å². The van der Waals surface area contributed by atoms with Gasteiger partial charge in [0.15, 0.2) is 5.82 Å². The Kier molecular flexibility index (Phi) is 4.52. The lowest BCUT2D eigenvalue weighted by atomic mass is 10.1. The van der Waals surface area contributed by atoms with E-state index in [1.807, 2.05) is 28.9 Å². The van der Waals surface area contributed by atoms with Gasteiger partial charge in [0.1, 0.15) is 18.7 Å². The number of rotatable bonds is 6. The second-order valence-corrected chi connectivity index (χ2v) is 4.43. The average molecular weight is 261 g/mol. The Balaban J connectivity index is 1.96. The maximum Gasteiger partial charge on any atom is 0.164 e. The fraction of sp³-hybridized carbons (Fsp3) is 0.429. The number of hydrogen-bond donors (Lipinski definition) is 1. The summed E-state index contributed by atoms with van der Waals surface area (Å²) >= 11 is 0. The number of aliphatic hydroxyl groups excluding tert-OH is 1. The zero-order chi connectivity index (χ0) is 13.7. The molecule has 1 atom stereocenters. The van der Waals surface area contributed by atoms with Gasteiger partial charge in [-0.3, -0.25) is 0 Å². The van der Waals surface area contributed by atoms with Crippen molar-refractivity contribution >= 4 is 0 Å². The molecule has 0 saturated heterocycles. The van der Waals surface area contributed by atoms with Crippen LogP contribution in [0.1, 0.15) is 37.8 Å². The topological polar surface area (TPSA) is 60.2 Å². The van der Waals surface area contributed by atoms with Gasteiger partial charge in [-0.05, 0) is 31.0 Å². The molecule has 0 amide bonds. The smallest absolute Gasteiger partial charge is 0.164 e. The molecular weight excluding hydrogens is 242 g/mol. The quantitative estimate of drug-likeness (QED) is 0.867. The largest absolute Gasteiger partial charge is 0.486 e. The predicted octanol–water partition coefficient (Wildman–Crippen LogP) is 2.32. The van der Waals surface area contributed by atoms with Crippen LogP contribution < -0.4 is 4.74 Å². The van der Waals surface area contributed by atoms with Crippen molar-refractivity contribution in [1.29, 1.82) is 0 Å². The fourth-order valence-electron chi connectivity index (χ4n) is 1.79. The predicted molar refractivity (Wildman–Crippen MR) is 71.7 cm³/mol. The van der Waals surface area contributed by atoms with E-state index in [4.69, 9.17) is 4.74 Å². The highest BCUT2D eigenvalue weighted by molar-refractivity contribution is 5.28. The van der Waals surface area contributed by atoms with Crippen molar-refractivity contribution in [2.45, 2.75) is 39.5 Å². The monoisotopic (exact) mass is 261 g/mol. The van der Waals surface area contributed by atoms with E-state index in [1.54, 1.807) is 13.3 Å². The number of aryl methyl sites for hydroxylation is 1. The van der Waals surface area contributed by atoms with Crippen molar-refractivity contribution in [2.24, 2.45) is 0 Å². The van der Waals surface area contributed by atoms with Crippen LogP contribution in [0, 0.1) is 0 Å². The van der Waals surface area contributed by atoms with Gasteiger partial charge in [-0.1, -0.05) is 19.1 Å². The van der Waals surface area contributed by atoms with Gasteiger partial charge >= 0.3 is 0 Å². The number of aliphatic hydroxyl groups is 1. The zero-order valence-corrected chi connectivity index (χ0v) is 11.3. The third-order valence-corrected chi connectivity index (χ3v) is 2.86. The average Bonchev–Trinajstić information content (AvgIpc) is 2.85. The lowest BCUT2D eigenvalue weighted by Crippen LogP contribution is -2.08. The van der Waals surface area contributed by atoms with E-state index in [1.165, 1.54) is 0 Å². The SMILES string of the molecule is CCCn1ncnc1COc1ccc([C@H](C)O)cc1. The summed E-state index contributed by atoms with van der Waals surface area (Å²) in [5.41, 5.74) is 0.876. The number of benzene rings is 1. The van der Waals surface area contributed by atoms with Crippen molar-refractivity contribution in [2.75, 3.05) is 0 Å². The van der Waals surface area contributed by atoms with E-state index >= 15 is 0 Å². The van der Waals surface area contributed by atoms with Gasteiger partial charge in [0.2, 0.25) is 0 Å². The van der Waals surface area contributed by atoms with Crippen molar-refractivity contribution in [3.05, 3.63) is 42.0 Å². The number of nitrogens with zero attached hydrogens (tertiary/aromatic N) is 3. The van der Waals surface area contributed by atoms with E-state index in [0.29, 0.717) is 6.61 Å². The number of ether oxygens (including phenoxy) is 1. The van der Waals surface area contributed by atoms with E-state index in [0.717, 1.165) is 30.1 Å². The second-order valence-electron chi connectivity index (χ2n) is 4.43. The fourth-order valence-corrected chi connectivity index (χ4v) is 1.79. The summed E-state index contributed by atoms with van der Waals surface area (Å²) in [5.74, 6) is 1.58. The summed E-state index contributed by atoms with van der Waals surface area (Å²) in [6.45, 7) is 5.08. The first-order valence-electron chi connectivity index (χ1n) is 6.48.